The smallest absolute Gasteiger partial charge is 0.269 e. The first-order chi connectivity index (χ1) is 5.68. The van der Waals surface area contributed by atoms with E-state index in [9.17, 15) is 4.79 Å². The molecule has 1 unspecified atom stereocenters. The van der Waals surface area contributed by atoms with Gasteiger partial charge in [-0.3, -0.25) is 14.6 Å². The Labute approximate surface area is 70.4 Å². The summed E-state index contributed by atoms with van der Waals surface area (Å²) in [5.74, 6) is 0. The Morgan fingerprint density at radius 2 is 2.42 bits per heavy atom. The Morgan fingerprint density at radius 3 is 3.17 bits per heavy atom. The van der Waals surface area contributed by atoms with Crippen molar-refractivity contribution in [3.63, 3.8) is 0 Å². The van der Waals surface area contributed by atoms with E-state index in [0.717, 1.165) is 30.5 Å². The molecule has 1 atom stereocenters. The van der Waals surface area contributed by atoms with Crippen LogP contribution in [-0.2, 0) is 19.9 Å². The molecule has 0 spiro atoms. The first-order valence-corrected chi connectivity index (χ1v) is 4.21. The molecule has 0 fully saturated rings. The van der Waals surface area contributed by atoms with Gasteiger partial charge in [-0.1, -0.05) is 0 Å². The van der Waals surface area contributed by atoms with Crippen LogP contribution in [0.4, 0.5) is 0 Å². The molecule has 0 bridgehead atoms. The molecule has 0 amide bonds. The van der Waals surface area contributed by atoms with Crippen molar-refractivity contribution in [1.82, 2.24) is 9.78 Å². The molecule has 4 heteroatoms. The van der Waals surface area contributed by atoms with Gasteiger partial charge in [-0.15, -0.1) is 0 Å². The molecule has 0 aromatic carbocycles. The third kappa shape index (κ3) is 0.992. The van der Waals surface area contributed by atoms with E-state index in [-0.39, 0.29) is 11.6 Å². The first kappa shape index (κ1) is 7.61. The Morgan fingerprint density at radius 1 is 1.67 bits per heavy atom. The van der Waals surface area contributed by atoms with Gasteiger partial charge in [0.15, 0.2) is 0 Å². The molecule has 1 aliphatic carbocycles. The average molecular weight is 167 g/mol. The summed E-state index contributed by atoms with van der Waals surface area (Å²) >= 11 is 0. The zero-order chi connectivity index (χ0) is 8.72. The molecule has 1 aliphatic rings. The third-order valence-electron chi connectivity index (χ3n) is 2.46. The number of H-pyrrole nitrogens is 1. The van der Waals surface area contributed by atoms with Crippen LogP contribution in [0, 0.1) is 0 Å². The topological polar surface area (TPSA) is 63.8 Å². The highest BCUT2D eigenvalue weighted by atomic mass is 16.1. The van der Waals surface area contributed by atoms with Crippen molar-refractivity contribution in [3.8, 4) is 0 Å². The SMILES string of the molecule is Cn1[nH]c2c(c1=O)CC(N)CC2. The average Bonchev–Trinajstić information content (AvgIpc) is 2.31. The van der Waals surface area contributed by atoms with E-state index < -0.39 is 0 Å². The number of rotatable bonds is 0. The van der Waals surface area contributed by atoms with Crippen molar-refractivity contribution in [2.75, 3.05) is 0 Å². The fourth-order valence-corrected chi connectivity index (χ4v) is 1.76. The molecule has 0 aliphatic heterocycles. The van der Waals surface area contributed by atoms with E-state index in [4.69, 9.17) is 5.73 Å². The van der Waals surface area contributed by atoms with E-state index >= 15 is 0 Å². The largest absolute Gasteiger partial charge is 0.327 e. The molecule has 1 heterocycles. The molecule has 1 aromatic rings. The van der Waals surface area contributed by atoms with Gasteiger partial charge in [-0.25, -0.2) is 0 Å². The molecule has 12 heavy (non-hydrogen) atoms. The van der Waals surface area contributed by atoms with Crippen LogP contribution in [0.1, 0.15) is 17.7 Å². The summed E-state index contributed by atoms with van der Waals surface area (Å²) < 4.78 is 1.53. The van der Waals surface area contributed by atoms with Crippen LogP contribution in [0.5, 0.6) is 0 Å². The maximum Gasteiger partial charge on any atom is 0.269 e. The summed E-state index contributed by atoms with van der Waals surface area (Å²) in [5, 5.41) is 3.03. The van der Waals surface area contributed by atoms with Crippen LogP contribution in [0.2, 0.25) is 0 Å². The first-order valence-electron chi connectivity index (χ1n) is 4.21. The van der Waals surface area contributed by atoms with Gasteiger partial charge in [0.2, 0.25) is 0 Å². The van der Waals surface area contributed by atoms with Gasteiger partial charge in [-0.2, -0.15) is 0 Å². The van der Waals surface area contributed by atoms with Gasteiger partial charge >= 0.3 is 0 Å². The maximum atomic E-state index is 11.4. The maximum absolute atomic E-state index is 11.4. The highest BCUT2D eigenvalue weighted by molar-refractivity contribution is 5.21. The van der Waals surface area contributed by atoms with Crippen LogP contribution in [-0.4, -0.2) is 15.8 Å². The fraction of sp³-hybridized carbons (Fsp3) is 0.625. The van der Waals surface area contributed by atoms with Crippen LogP contribution >= 0.6 is 0 Å². The van der Waals surface area contributed by atoms with Crippen LogP contribution in [0.25, 0.3) is 0 Å². The van der Waals surface area contributed by atoms with Crippen LogP contribution < -0.4 is 11.3 Å². The molecule has 1 aromatic heterocycles. The summed E-state index contributed by atoms with van der Waals surface area (Å²) in [7, 11) is 1.74. The Hall–Kier alpha value is -1.03. The van der Waals surface area contributed by atoms with Gasteiger partial charge in [0.25, 0.3) is 5.56 Å². The lowest BCUT2D eigenvalue weighted by Crippen LogP contribution is -2.30. The van der Waals surface area contributed by atoms with Crippen molar-refractivity contribution in [3.05, 3.63) is 21.6 Å². The molecule has 2 rings (SSSR count). The minimum Gasteiger partial charge on any atom is -0.327 e. The summed E-state index contributed by atoms with van der Waals surface area (Å²) in [4.78, 5) is 11.4. The van der Waals surface area contributed by atoms with Crippen LogP contribution in [0.15, 0.2) is 4.79 Å². The van der Waals surface area contributed by atoms with E-state index in [1.165, 1.54) is 4.68 Å². The monoisotopic (exact) mass is 167 g/mol. The van der Waals surface area contributed by atoms with Gasteiger partial charge < -0.3 is 5.73 Å². The Kier molecular flexibility index (Phi) is 1.58. The van der Waals surface area contributed by atoms with Gasteiger partial charge in [0.1, 0.15) is 0 Å². The second-order valence-electron chi connectivity index (χ2n) is 3.44. The van der Waals surface area contributed by atoms with E-state index in [0.29, 0.717) is 0 Å². The predicted octanol–water partition coefficient (Wildman–Crippen LogP) is -0.471. The number of hydrogen-bond acceptors (Lipinski definition) is 2. The number of nitrogens with one attached hydrogen (secondary N) is 1. The number of aryl methyl sites for hydroxylation is 2. The van der Waals surface area contributed by atoms with E-state index in [1.54, 1.807) is 7.05 Å². The molecule has 4 nitrogen and oxygen atoms in total. The van der Waals surface area contributed by atoms with Crippen molar-refractivity contribution >= 4 is 0 Å². The summed E-state index contributed by atoms with van der Waals surface area (Å²) in [5.41, 5.74) is 7.81. The van der Waals surface area contributed by atoms with Gasteiger partial charge in [-0.05, 0) is 19.3 Å². The van der Waals surface area contributed by atoms with Crippen molar-refractivity contribution in [2.45, 2.75) is 25.3 Å². The quantitative estimate of drug-likeness (QED) is 0.548. The highest BCUT2D eigenvalue weighted by Gasteiger charge is 2.20. The minimum absolute atomic E-state index is 0.0835. The van der Waals surface area contributed by atoms with E-state index in [2.05, 4.69) is 5.10 Å². The standard InChI is InChI=1S/C8H13N3O/c1-11-8(12)6-4-5(9)2-3-7(6)10-11/h5,10H,2-4,9H2,1H3. The predicted molar refractivity (Wildman–Crippen MR) is 46.0 cm³/mol. The number of aromatic nitrogens is 2. The van der Waals surface area contributed by atoms with Gasteiger partial charge in [0, 0.05) is 24.3 Å². The molecule has 0 radical (unpaired) electrons. The second kappa shape index (κ2) is 2.48. The summed E-state index contributed by atoms with van der Waals surface area (Å²) in [6.45, 7) is 0. The zero-order valence-corrected chi connectivity index (χ0v) is 7.13. The Bertz CT molecular complexity index is 350. The van der Waals surface area contributed by atoms with Crippen molar-refractivity contribution in [2.24, 2.45) is 12.8 Å². The van der Waals surface area contributed by atoms with Gasteiger partial charge in [0.05, 0.1) is 0 Å². The minimum atomic E-state index is 0.0835. The molecular formula is C8H13N3O. The summed E-state index contributed by atoms with van der Waals surface area (Å²) in [6.07, 6.45) is 2.62. The fourth-order valence-electron chi connectivity index (χ4n) is 1.76. The number of aromatic amines is 1. The molecule has 0 saturated carbocycles. The molecule has 0 saturated heterocycles. The van der Waals surface area contributed by atoms with Crippen LogP contribution in [0.3, 0.4) is 0 Å². The number of nitrogens with zero attached hydrogens (tertiary/aromatic N) is 1. The highest BCUT2D eigenvalue weighted by Crippen LogP contribution is 2.14. The summed E-state index contributed by atoms with van der Waals surface area (Å²) in [6, 6.07) is 0.168. The van der Waals surface area contributed by atoms with Crippen molar-refractivity contribution in [1.29, 1.82) is 0 Å². The lowest BCUT2D eigenvalue weighted by atomic mass is 9.94. The zero-order valence-electron chi connectivity index (χ0n) is 7.13. The Balaban J connectivity index is 2.51. The lowest BCUT2D eigenvalue weighted by Gasteiger charge is -2.15. The van der Waals surface area contributed by atoms with Crippen molar-refractivity contribution < 1.29 is 0 Å². The number of nitrogens with two attached hydrogens (primary N) is 1. The second-order valence-corrected chi connectivity index (χ2v) is 3.44. The molecule has 3 N–H and O–H groups in total. The lowest BCUT2D eigenvalue weighted by molar-refractivity contribution is 0.569. The normalized spacial score (nSPS) is 22.3. The van der Waals surface area contributed by atoms with E-state index in [1.807, 2.05) is 0 Å². The number of hydrogen-bond donors (Lipinski definition) is 2. The molecular weight excluding hydrogens is 154 g/mol. The number of fused-ring (bicyclic) bond motifs is 1. The molecule has 66 valence electrons. The third-order valence-corrected chi connectivity index (χ3v) is 2.46.